The topological polar surface area (TPSA) is 66.6 Å². The van der Waals surface area contributed by atoms with Crippen molar-refractivity contribution < 1.29 is 9.59 Å². The lowest BCUT2D eigenvalue weighted by Gasteiger charge is -2.34. The first-order valence-electron chi connectivity index (χ1n) is 7.07. The van der Waals surface area contributed by atoms with Crippen LogP contribution in [0.2, 0.25) is 0 Å². The second-order valence-corrected chi connectivity index (χ2v) is 5.45. The Labute approximate surface area is 118 Å². The van der Waals surface area contributed by atoms with Gasteiger partial charge in [-0.25, -0.2) is 0 Å². The number of benzene rings is 1. The van der Waals surface area contributed by atoms with Gasteiger partial charge in [-0.1, -0.05) is 12.1 Å². The lowest BCUT2D eigenvalue weighted by atomic mass is 10.1. The molecule has 5 heteroatoms. The molecule has 5 nitrogen and oxygen atoms in total. The molecule has 1 aromatic carbocycles. The fourth-order valence-corrected chi connectivity index (χ4v) is 2.60. The minimum Gasteiger partial charge on any atom is -0.336 e. The highest BCUT2D eigenvalue weighted by atomic mass is 16.2. The van der Waals surface area contributed by atoms with Crippen molar-refractivity contribution in [2.45, 2.75) is 25.4 Å². The molecule has 0 spiro atoms. The third-order valence-electron chi connectivity index (χ3n) is 3.97. The summed E-state index contributed by atoms with van der Waals surface area (Å²) >= 11 is 0. The Kier molecular flexibility index (Phi) is 3.44. The lowest BCUT2D eigenvalue weighted by Crippen LogP contribution is -2.52. The summed E-state index contributed by atoms with van der Waals surface area (Å²) in [6.07, 6.45) is 2.22. The van der Waals surface area contributed by atoms with E-state index in [0.717, 1.165) is 18.4 Å². The smallest absolute Gasteiger partial charge is 0.254 e. The van der Waals surface area contributed by atoms with E-state index in [-0.39, 0.29) is 18.4 Å². The summed E-state index contributed by atoms with van der Waals surface area (Å²) in [5.41, 5.74) is 7.16. The third-order valence-corrected chi connectivity index (χ3v) is 3.97. The molecule has 106 valence electrons. The molecule has 20 heavy (non-hydrogen) atoms. The second kappa shape index (κ2) is 5.25. The van der Waals surface area contributed by atoms with Gasteiger partial charge in [0.1, 0.15) is 6.54 Å². The van der Waals surface area contributed by atoms with Gasteiger partial charge in [-0.15, -0.1) is 0 Å². The van der Waals surface area contributed by atoms with Gasteiger partial charge in [0.15, 0.2) is 0 Å². The highest BCUT2D eigenvalue weighted by Crippen LogP contribution is 2.28. The molecule has 2 amide bonds. The van der Waals surface area contributed by atoms with Crippen molar-refractivity contribution in [2.75, 3.05) is 19.6 Å². The molecule has 1 aliphatic heterocycles. The average Bonchev–Trinajstić information content (AvgIpc) is 3.31. The maximum atomic E-state index is 12.4. The summed E-state index contributed by atoms with van der Waals surface area (Å²) in [6.45, 7) is 1.96. The molecule has 1 saturated carbocycles. The maximum absolute atomic E-state index is 12.4. The number of carbonyl (C=O) groups is 2. The van der Waals surface area contributed by atoms with Crippen LogP contribution in [0, 0.1) is 0 Å². The van der Waals surface area contributed by atoms with Crippen LogP contribution in [0.15, 0.2) is 24.3 Å². The Morgan fingerprint density at radius 3 is 2.45 bits per heavy atom. The Balaban J connectivity index is 1.66. The van der Waals surface area contributed by atoms with Gasteiger partial charge in [0.2, 0.25) is 5.91 Å². The highest BCUT2D eigenvalue weighted by Gasteiger charge is 2.36. The molecule has 3 rings (SSSR count). The molecular formula is C15H19N3O2. The predicted molar refractivity (Wildman–Crippen MR) is 75.0 cm³/mol. The summed E-state index contributed by atoms with van der Waals surface area (Å²) in [6, 6.07) is 7.71. The number of nitrogens with two attached hydrogens (primary N) is 1. The largest absolute Gasteiger partial charge is 0.336 e. The number of piperazine rings is 1. The number of carbonyl (C=O) groups excluding carboxylic acids is 2. The van der Waals surface area contributed by atoms with Gasteiger partial charge < -0.3 is 15.5 Å². The number of hydrogen-bond acceptors (Lipinski definition) is 3. The Hall–Kier alpha value is -1.88. The van der Waals surface area contributed by atoms with Crippen molar-refractivity contribution in [3.8, 4) is 0 Å². The monoisotopic (exact) mass is 273 g/mol. The molecule has 0 aromatic heterocycles. The zero-order chi connectivity index (χ0) is 14.1. The molecule has 1 aliphatic carbocycles. The molecule has 1 saturated heterocycles. The fraction of sp³-hybridized carbons (Fsp3) is 0.467. The number of amides is 2. The van der Waals surface area contributed by atoms with Crippen LogP contribution in [0.5, 0.6) is 0 Å². The van der Waals surface area contributed by atoms with Crippen LogP contribution in [0.1, 0.15) is 28.8 Å². The summed E-state index contributed by atoms with van der Waals surface area (Å²) in [5, 5.41) is 0. The van der Waals surface area contributed by atoms with Crippen LogP contribution in [0.25, 0.3) is 0 Å². The van der Waals surface area contributed by atoms with Crippen molar-refractivity contribution in [2.24, 2.45) is 5.73 Å². The van der Waals surface area contributed by atoms with Crippen molar-refractivity contribution >= 4 is 11.8 Å². The van der Waals surface area contributed by atoms with E-state index in [1.165, 1.54) is 0 Å². The summed E-state index contributed by atoms with van der Waals surface area (Å²) in [5.74, 6) is 0.00282. The predicted octanol–water partition coefficient (Wildman–Crippen LogP) is 0.592. The van der Waals surface area contributed by atoms with Crippen LogP contribution >= 0.6 is 0 Å². The summed E-state index contributed by atoms with van der Waals surface area (Å²) in [7, 11) is 0. The molecule has 1 heterocycles. The average molecular weight is 273 g/mol. The van der Waals surface area contributed by atoms with E-state index >= 15 is 0 Å². The van der Waals surface area contributed by atoms with Gasteiger partial charge in [0.05, 0.1) is 0 Å². The molecule has 1 aromatic rings. The van der Waals surface area contributed by atoms with Gasteiger partial charge in [-0.05, 0) is 30.5 Å². The summed E-state index contributed by atoms with van der Waals surface area (Å²) in [4.78, 5) is 28.0. The molecule has 0 atom stereocenters. The van der Waals surface area contributed by atoms with Crippen LogP contribution in [-0.2, 0) is 11.3 Å². The normalized spacial score (nSPS) is 19.4. The molecular weight excluding hydrogens is 254 g/mol. The van der Waals surface area contributed by atoms with Crippen LogP contribution in [0.4, 0.5) is 0 Å². The van der Waals surface area contributed by atoms with E-state index in [1.807, 2.05) is 17.0 Å². The van der Waals surface area contributed by atoms with Crippen molar-refractivity contribution in [1.82, 2.24) is 9.80 Å². The van der Waals surface area contributed by atoms with Gasteiger partial charge in [-0.2, -0.15) is 0 Å². The van der Waals surface area contributed by atoms with Gasteiger partial charge in [0.25, 0.3) is 5.91 Å². The van der Waals surface area contributed by atoms with E-state index in [9.17, 15) is 9.59 Å². The zero-order valence-corrected chi connectivity index (χ0v) is 11.4. The quantitative estimate of drug-likeness (QED) is 0.876. The Bertz CT molecular complexity index is 522. The molecule has 2 fully saturated rings. The number of rotatable bonds is 3. The van der Waals surface area contributed by atoms with E-state index in [4.69, 9.17) is 5.73 Å². The van der Waals surface area contributed by atoms with Crippen molar-refractivity contribution in [3.05, 3.63) is 35.4 Å². The molecule has 2 N–H and O–H groups in total. The summed E-state index contributed by atoms with van der Waals surface area (Å²) < 4.78 is 0. The van der Waals surface area contributed by atoms with Gasteiger partial charge in [-0.3, -0.25) is 9.59 Å². The van der Waals surface area contributed by atoms with Gasteiger partial charge >= 0.3 is 0 Å². The van der Waals surface area contributed by atoms with Crippen LogP contribution < -0.4 is 5.73 Å². The first kappa shape index (κ1) is 13.1. The van der Waals surface area contributed by atoms with Crippen LogP contribution in [-0.4, -0.2) is 47.3 Å². The van der Waals surface area contributed by atoms with E-state index in [0.29, 0.717) is 31.2 Å². The Morgan fingerprint density at radius 2 is 1.90 bits per heavy atom. The van der Waals surface area contributed by atoms with Gasteiger partial charge in [0, 0.05) is 31.2 Å². The van der Waals surface area contributed by atoms with E-state index in [2.05, 4.69) is 0 Å². The molecule has 0 unspecified atom stereocenters. The first-order valence-corrected chi connectivity index (χ1v) is 7.07. The molecule has 0 radical (unpaired) electrons. The molecule has 0 bridgehead atoms. The molecule has 2 aliphatic rings. The third kappa shape index (κ3) is 2.54. The van der Waals surface area contributed by atoms with Crippen molar-refractivity contribution in [1.29, 1.82) is 0 Å². The maximum Gasteiger partial charge on any atom is 0.254 e. The number of hydrogen-bond donors (Lipinski definition) is 1. The first-order chi connectivity index (χ1) is 9.69. The van der Waals surface area contributed by atoms with E-state index in [1.54, 1.807) is 17.0 Å². The number of nitrogens with zero attached hydrogens (tertiary/aromatic N) is 2. The fourth-order valence-electron chi connectivity index (χ4n) is 2.60. The second-order valence-electron chi connectivity index (χ2n) is 5.45. The lowest BCUT2D eigenvalue weighted by molar-refractivity contribution is -0.135. The minimum absolute atomic E-state index is 0.0719. The SMILES string of the molecule is NCc1ccc(C(=O)N2CCN(C3CC3)C(=O)C2)cc1. The Morgan fingerprint density at radius 1 is 1.20 bits per heavy atom. The highest BCUT2D eigenvalue weighted by molar-refractivity contribution is 5.97. The minimum atomic E-state index is -0.0719. The van der Waals surface area contributed by atoms with Crippen LogP contribution in [0.3, 0.4) is 0 Å². The standard InChI is InChI=1S/C15H19N3O2/c16-9-11-1-3-12(4-2-11)15(20)17-7-8-18(13-5-6-13)14(19)10-17/h1-4,13H,5-10,16H2. The van der Waals surface area contributed by atoms with E-state index < -0.39 is 0 Å². The van der Waals surface area contributed by atoms with Crippen molar-refractivity contribution in [3.63, 3.8) is 0 Å². The zero-order valence-electron chi connectivity index (χ0n) is 11.4.